The molecule has 0 rings (SSSR count). The number of allylic oxidation sites excluding steroid dienone is 23. The van der Waals surface area contributed by atoms with Gasteiger partial charge in [0.05, 0.1) is 6.42 Å². The standard InChI is InChI=1S/C66H104O6/c1-4-7-10-13-16-19-22-25-27-28-29-30-31-32-33-34-35-36-37-38-40-41-44-47-50-53-56-59-65(68)71-62-63(61-70-64(67)58-55-52-49-46-43-24-21-18-15-12-9-6-3)72-66(69)60-57-54-51-48-45-42-39-26-23-20-17-14-11-8-5-2/h7-8,10-11,16-17,19-20,25-27,29-30,32-33,35-36,38-40,45,48,54,57,63H,4-6,9,12-15,18,21-24,28,31,34,37,41-44,46-47,49-53,55-56,58-62H2,1-3H3/b10-7-,11-8-,19-16-,20-17-,27-25-,30-29-,33-32-,36-35-,39-26-,40-38-,48-45-,57-54-. The molecule has 0 aliphatic carbocycles. The molecule has 0 aromatic heterocycles. The van der Waals surface area contributed by atoms with Crippen molar-refractivity contribution in [2.75, 3.05) is 13.2 Å². The van der Waals surface area contributed by atoms with Gasteiger partial charge in [-0.15, -0.1) is 0 Å². The number of ether oxygens (including phenoxy) is 3. The maximum Gasteiger partial charge on any atom is 0.310 e. The molecule has 72 heavy (non-hydrogen) atoms. The van der Waals surface area contributed by atoms with Gasteiger partial charge in [0.25, 0.3) is 0 Å². The Morgan fingerprint density at radius 1 is 0.306 bits per heavy atom. The topological polar surface area (TPSA) is 78.9 Å². The number of rotatable bonds is 50. The average molecular weight is 994 g/mol. The highest BCUT2D eigenvalue weighted by Gasteiger charge is 2.19. The van der Waals surface area contributed by atoms with Gasteiger partial charge in [-0.3, -0.25) is 14.4 Å². The van der Waals surface area contributed by atoms with E-state index in [0.717, 1.165) is 128 Å². The second kappa shape index (κ2) is 58.9. The molecule has 0 aromatic rings. The smallest absolute Gasteiger partial charge is 0.310 e. The van der Waals surface area contributed by atoms with Crippen LogP contribution in [0.15, 0.2) is 146 Å². The molecule has 0 amide bonds. The molecule has 0 bridgehead atoms. The summed E-state index contributed by atoms with van der Waals surface area (Å²) in [6.45, 7) is 6.29. The van der Waals surface area contributed by atoms with Gasteiger partial charge in [0.15, 0.2) is 6.10 Å². The maximum atomic E-state index is 12.8. The van der Waals surface area contributed by atoms with Crippen molar-refractivity contribution in [1.82, 2.24) is 0 Å². The number of unbranched alkanes of at least 4 members (excludes halogenated alkanes) is 16. The van der Waals surface area contributed by atoms with E-state index >= 15 is 0 Å². The van der Waals surface area contributed by atoms with E-state index in [1.165, 1.54) is 57.8 Å². The lowest BCUT2D eigenvalue weighted by Gasteiger charge is -2.18. The third-order valence-corrected chi connectivity index (χ3v) is 11.6. The first-order valence-corrected chi connectivity index (χ1v) is 28.8. The van der Waals surface area contributed by atoms with E-state index < -0.39 is 12.1 Å². The highest BCUT2D eigenvalue weighted by atomic mass is 16.6. The summed E-state index contributed by atoms with van der Waals surface area (Å²) >= 11 is 0. The summed E-state index contributed by atoms with van der Waals surface area (Å²) in [6.07, 6.45) is 84.4. The first kappa shape index (κ1) is 67.3. The van der Waals surface area contributed by atoms with E-state index in [0.29, 0.717) is 19.3 Å². The second-order valence-electron chi connectivity index (χ2n) is 18.5. The average Bonchev–Trinajstić information content (AvgIpc) is 3.38. The molecule has 0 spiro atoms. The van der Waals surface area contributed by atoms with Crippen molar-refractivity contribution in [3.8, 4) is 0 Å². The Morgan fingerprint density at radius 2 is 0.583 bits per heavy atom. The van der Waals surface area contributed by atoms with Crippen LogP contribution in [0.2, 0.25) is 0 Å². The van der Waals surface area contributed by atoms with Crippen molar-refractivity contribution < 1.29 is 28.6 Å². The van der Waals surface area contributed by atoms with Gasteiger partial charge in [0, 0.05) is 12.8 Å². The molecular weight excluding hydrogens is 889 g/mol. The Labute approximate surface area is 442 Å². The molecule has 0 fully saturated rings. The quantitative estimate of drug-likeness (QED) is 0.0261. The summed E-state index contributed by atoms with van der Waals surface area (Å²) in [5.74, 6) is -1.08. The molecular formula is C66H104O6. The zero-order valence-electron chi connectivity index (χ0n) is 46.1. The van der Waals surface area contributed by atoms with Crippen LogP contribution in [0.25, 0.3) is 0 Å². The molecule has 0 radical (unpaired) electrons. The lowest BCUT2D eigenvalue weighted by Crippen LogP contribution is -2.30. The molecule has 0 saturated carbocycles. The van der Waals surface area contributed by atoms with Crippen molar-refractivity contribution in [2.45, 2.75) is 239 Å². The highest BCUT2D eigenvalue weighted by molar-refractivity contribution is 5.72. The molecule has 1 unspecified atom stereocenters. The van der Waals surface area contributed by atoms with E-state index in [9.17, 15) is 14.4 Å². The first-order chi connectivity index (χ1) is 35.5. The second-order valence-corrected chi connectivity index (χ2v) is 18.5. The summed E-state index contributed by atoms with van der Waals surface area (Å²) in [7, 11) is 0. The van der Waals surface area contributed by atoms with Crippen LogP contribution in [0.1, 0.15) is 233 Å². The fraction of sp³-hybridized carbons (Fsp3) is 0.591. The van der Waals surface area contributed by atoms with Crippen LogP contribution >= 0.6 is 0 Å². The van der Waals surface area contributed by atoms with Gasteiger partial charge in [0.2, 0.25) is 0 Å². The van der Waals surface area contributed by atoms with Crippen molar-refractivity contribution in [1.29, 1.82) is 0 Å². The summed E-state index contributed by atoms with van der Waals surface area (Å²) < 4.78 is 16.7. The Hall–Kier alpha value is -4.71. The zero-order valence-corrected chi connectivity index (χ0v) is 46.1. The molecule has 6 nitrogen and oxygen atoms in total. The van der Waals surface area contributed by atoms with Crippen LogP contribution < -0.4 is 0 Å². The van der Waals surface area contributed by atoms with Crippen LogP contribution in [0.3, 0.4) is 0 Å². The molecule has 0 aliphatic heterocycles. The Bertz CT molecular complexity index is 1610. The van der Waals surface area contributed by atoms with Crippen molar-refractivity contribution in [3.63, 3.8) is 0 Å². The van der Waals surface area contributed by atoms with Gasteiger partial charge >= 0.3 is 17.9 Å². The van der Waals surface area contributed by atoms with Crippen molar-refractivity contribution >= 4 is 17.9 Å². The predicted molar refractivity (Wildman–Crippen MR) is 311 cm³/mol. The minimum atomic E-state index is -0.845. The van der Waals surface area contributed by atoms with Gasteiger partial charge in [-0.1, -0.05) is 256 Å². The first-order valence-electron chi connectivity index (χ1n) is 28.8. The van der Waals surface area contributed by atoms with Crippen LogP contribution in [-0.2, 0) is 28.6 Å². The SMILES string of the molecule is CC/C=C\C/C=C\C/C=C\C/C=C\C/C=C\C/C=C\C/C=C\CCCCCCCC(=O)OCC(COC(=O)CCCCCCCCCCCCCC)OC(=O)C/C=C\C/C=C\C/C=C\C/C=C\C/C=C\CC. The molecule has 0 saturated heterocycles. The zero-order chi connectivity index (χ0) is 52.2. The third-order valence-electron chi connectivity index (χ3n) is 11.6. The minimum absolute atomic E-state index is 0.0873. The molecule has 0 aliphatic rings. The van der Waals surface area contributed by atoms with Crippen LogP contribution in [0.4, 0.5) is 0 Å². The van der Waals surface area contributed by atoms with Crippen molar-refractivity contribution in [2.24, 2.45) is 0 Å². The Morgan fingerprint density at radius 3 is 0.917 bits per heavy atom. The monoisotopic (exact) mass is 993 g/mol. The van der Waals surface area contributed by atoms with Crippen LogP contribution in [0.5, 0.6) is 0 Å². The van der Waals surface area contributed by atoms with Crippen LogP contribution in [-0.4, -0.2) is 37.2 Å². The molecule has 0 aromatic carbocycles. The molecule has 0 heterocycles. The summed E-state index contributed by atoms with van der Waals surface area (Å²) in [6, 6.07) is 0. The summed E-state index contributed by atoms with van der Waals surface area (Å²) in [5, 5.41) is 0. The number of hydrogen-bond donors (Lipinski definition) is 0. The third kappa shape index (κ3) is 56.2. The Kier molecular flexibility index (Phi) is 55.0. The normalized spacial score (nSPS) is 13.2. The predicted octanol–water partition coefficient (Wildman–Crippen LogP) is 19.6. The highest BCUT2D eigenvalue weighted by Crippen LogP contribution is 2.14. The van der Waals surface area contributed by atoms with Crippen LogP contribution in [0, 0.1) is 0 Å². The van der Waals surface area contributed by atoms with E-state index in [2.05, 4.69) is 154 Å². The minimum Gasteiger partial charge on any atom is -0.462 e. The molecule has 1 atom stereocenters. The van der Waals surface area contributed by atoms with Gasteiger partial charge in [0.1, 0.15) is 13.2 Å². The van der Waals surface area contributed by atoms with Gasteiger partial charge in [-0.25, -0.2) is 0 Å². The molecule has 404 valence electrons. The molecule has 6 heteroatoms. The van der Waals surface area contributed by atoms with Gasteiger partial charge in [-0.05, 0) is 103 Å². The van der Waals surface area contributed by atoms with Gasteiger partial charge < -0.3 is 14.2 Å². The van der Waals surface area contributed by atoms with E-state index in [1.807, 2.05) is 6.08 Å². The van der Waals surface area contributed by atoms with E-state index in [-0.39, 0.29) is 31.6 Å². The fourth-order valence-corrected chi connectivity index (χ4v) is 7.38. The lowest BCUT2D eigenvalue weighted by molar-refractivity contribution is -0.166. The van der Waals surface area contributed by atoms with E-state index in [4.69, 9.17) is 14.2 Å². The van der Waals surface area contributed by atoms with Gasteiger partial charge in [-0.2, -0.15) is 0 Å². The number of esters is 3. The number of hydrogen-bond acceptors (Lipinski definition) is 6. The lowest BCUT2D eigenvalue weighted by atomic mass is 10.0. The van der Waals surface area contributed by atoms with Crippen molar-refractivity contribution in [3.05, 3.63) is 146 Å². The fourth-order valence-electron chi connectivity index (χ4n) is 7.38. The number of carbonyl (C=O) groups excluding carboxylic acids is 3. The largest absolute Gasteiger partial charge is 0.462 e. The number of carbonyl (C=O) groups is 3. The molecule has 0 N–H and O–H groups in total. The summed E-state index contributed by atoms with van der Waals surface area (Å²) in [4.78, 5) is 38.0. The van der Waals surface area contributed by atoms with E-state index in [1.54, 1.807) is 6.08 Å². The summed E-state index contributed by atoms with van der Waals surface area (Å²) in [5.41, 5.74) is 0. The Balaban J connectivity index is 4.45. The maximum absolute atomic E-state index is 12.8.